The first kappa shape index (κ1) is 23.1. The van der Waals surface area contributed by atoms with E-state index in [2.05, 4.69) is 32.0 Å². The molecule has 2 aliphatic carbocycles. The number of fused-ring (bicyclic) bond motifs is 1. The second-order valence-electron chi connectivity index (χ2n) is 9.90. The molecule has 3 aliphatic rings. The van der Waals surface area contributed by atoms with Crippen molar-refractivity contribution in [1.29, 1.82) is 5.26 Å². The molecule has 3 fully saturated rings. The quantitative estimate of drug-likeness (QED) is 0.387. The molecule has 2 saturated carbocycles. The lowest BCUT2D eigenvalue weighted by atomic mass is 9.98. The Morgan fingerprint density at radius 3 is 2.63 bits per heavy atom. The van der Waals surface area contributed by atoms with Crippen LogP contribution in [0.25, 0.3) is 11.0 Å². The van der Waals surface area contributed by atoms with Gasteiger partial charge in [0.25, 0.3) is 5.91 Å². The van der Waals surface area contributed by atoms with Gasteiger partial charge in [0.05, 0.1) is 18.2 Å². The maximum atomic E-state index is 13.1. The van der Waals surface area contributed by atoms with Crippen molar-refractivity contribution in [2.24, 2.45) is 17.8 Å². The highest BCUT2D eigenvalue weighted by Crippen LogP contribution is 2.34. The van der Waals surface area contributed by atoms with Gasteiger partial charge in [-0.15, -0.1) is 0 Å². The Morgan fingerprint density at radius 1 is 1.14 bits per heavy atom. The predicted octanol–water partition coefficient (Wildman–Crippen LogP) is 1.78. The van der Waals surface area contributed by atoms with Crippen LogP contribution >= 0.6 is 0 Å². The second kappa shape index (κ2) is 9.94. The van der Waals surface area contributed by atoms with E-state index in [0.29, 0.717) is 54.6 Å². The number of aromatic nitrogens is 2. The smallest absolute Gasteiger partial charge is 0.287 e. The summed E-state index contributed by atoms with van der Waals surface area (Å²) in [5.41, 5.74) is 1.27. The van der Waals surface area contributed by atoms with Gasteiger partial charge in [-0.2, -0.15) is 5.26 Å². The van der Waals surface area contributed by atoms with E-state index in [1.807, 2.05) is 18.2 Å². The Kier molecular flexibility index (Phi) is 6.57. The van der Waals surface area contributed by atoms with E-state index in [0.717, 1.165) is 12.8 Å². The van der Waals surface area contributed by atoms with Crippen molar-refractivity contribution < 1.29 is 19.1 Å². The summed E-state index contributed by atoms with van der Waals surface area (Å²) in [7, 11) is 0. The number of nitrogens with zero attached hydrogens (tertiary/aromatic N) is 2. The summed E-state index contributed by atoms with van der Waals surface area (Å²) < 4.78 is 5.90. The molecule has 0 bridgehead atoms. The number of rotatable bonds is 11. The third-order valence-electron chi connectivity index (χ3n) is 6.91. The lowest BCUT2D eigenvalue weighted by Gasteiger charge is -2.21. The summed E-state index contributed by atoms with van der Waals surface area (Å²) in [6.45, 7) is 1.22. The third kappa shape index (κ3) is 5.73. The number of benzene rings is 1. The number of H-pyrrole nitrogens is 1. The summed E-state index contributed by atoms with van der Waals surface area (Å²) in [5.74, 6) is 0.411. The lowest BCUT2D eigenvalue weighted by molar-refractivity contribution is -0.125. The number of carbonyl (C=O) groups excluding carboxylic acids is 3. The summed E-state index contributed by atoms with van der Waals surface area (Å²) in [6.07, 6.45) is 5.77. The van der Waals surface area contributed by atoms with E-state index < -0.39 is 23.9 Å². The van der Waals surface area contributed by atoms with Crippen molar-refractivity contribution in [3.63, 3.8) is 0 Å². The van der Waals surface area contributed by atoms with Crippen molar-refractivity contribution in [3.05, 3.63) is 24.0 Å². The number of imidazole rings is 1. The normalized spacial score (nSPS) is 21.1. The summed E-state index contributed by atoms with van der Waals surface area (Å²) in [4.78, 5) is 45.4. The molecule has 3 amide bonds. The van der Waals surface area contributed by atoms with Gasteiger partial charge in [-0.3, -0.25) is 14.4 Å². The molecule has 2 aromatic rings. The molecule has 1 aromatic heterocycles. The molecule has 1 saturated heterocycles. The first-order valence-electron chi connectivity index (χ1n) is 12.4. The van der Waals surface area contributed by atoms with Crippen molar-refractivity contribution in [2.75, 3.05) is 13.2 Å². The summed E-state index contributed by atoms with van der Waals surface area (Å²) in [6, 6.07) is 6.00. The predicted molar refractivity (Wildman–Crippen MR) is 126 cm³/mol. The highest BCUT2D eigenvalue weighted by Gasteiger charge is 2.34. The van der Waals surface area contributed by atoms with Gasteiger partial charge in [-0.25, -0.2) is 4.98 Å². The first-order valence-corrected chi connectivity index (χ1v) is 12.4. The van der Waals surface area contributed by atoms with Crippen molar-refractivity contribution >= 4 is 28.8 Å². The molecule has 0 unspecified atom stereocenters. The molecule has 10 nitrogen and oxygen atoms in total. The molecule has 35 heavy (non-hydrogen) atoms. The fraction of sp³-hybridized carbons (Fsp3) is 0.560. The van der Waals surface area contributed by atoms with E-state index in [1.54, 1.807) is 0 Å². The Morgan fingerprint density at radius 2 is 1.94 bits per heavy atom. The van der Waals surface area contributed by atoms with Crippen molar-refractivity contribution in [2.45, 2.75) is 57.0 Å². The summed E-state index contributed by atoms with van der Waals surface area (Å²) >= 11 is 0. The molecule has 4 N–H and O–H groups in total. The number of nitriles is 1. The Labute approximate surface area is 203 Å². The van der Waals surface area contributed by atoms with Crippen LogP contribution in [0.1, 0.15) is 55.6 Å². The van der Waals surface area contributed by atoms with Crippen LogP contribution in [0.4, 0.5) is 0 Å². The number of aromatic amines is 1. The molecule has 184 valence electrons. The molecule has 0 spiro atoms. The van der Waals surface area contributed by atoms with Crippen LogP contribution in [-0.4, -0.2) is 52.9 Å². The van der Waals surface area contributed by atoms with Gasteiger partial charge in [0.1, 0.15) is 23.3 Å². The fourth-order valence-electron chi connectivity index (χ4n) is 4.44. The highest BCUT2D eigenvalue weighted by atomic mass is 16.5. The zero-order chi connectivity index (χ0) is 24.4. The average molecular weight is 479 g/mol. The molecular weight excluding hydrogens is 448 g/mol. The van der Waals surface area contributed by atoms with Crippen molar-refractivity contribution in [3.8, 4) is 11.8 Å². The van der Waals surface area contributed by atoms with Crippen LogP contribution in [0.15, 0.2) is 18.2 Å². The van der Waals surface area contributed by atoms with Crippen molar-refractivity contribution in [1.82, 2.24) is 25.9 Å². The van der Waals surface area contributed by atoms with Gasteiger partial charge in [-0.1, -0.05) is 18.9 Å². The highest BCUT2D eigenvalue weighted by molar-refractivity contribution is 5.98. The van der Waals surface area contributed by atoms with E-state index in [4.69, 9.17) is 4.74 Å². The van der Waals surface area contributed by atoms with E-state index in [9.17, 15) is 19.6 Å². The van der Waals surface area contributed by atoms with Crippen LogP contribution in [0.2, 0.25) is 0 Å². The molecule has 2 heterocycles. The van der Waals surface area contributed by atoms with Gasteiger partial charge in [0.2, 0.25) is 11.8 Å². The van der Waals surface area contributed by atoms with E-state index in [-0.39, 0.29) is 24.1 Å². The second-order valence-corrected chi connectivity index (χ2v) is 9.90. The maximum absolute atomic E-state index is 13.1. The minimum atomic E-state index is -0.799. The number of hydrogen-bond donors (Lipinski definition) is 4. The molecule has 3 atom stereocenters. The maximum Gasteiger partial charge on any atom is 0.287 e. The monoisotopic (exact) mass is 478 g/mol. The topological polar surface area (TPSA) is 149 Å². The molecule has 1 aromatic carbocycles. The molecule has 10 heteroatoms. The van der Waals surface area contributed by atoms with Crippen LogP contribution in [0.5, 0.6) is 5.75 Å². The van der Waals surface area contributed by atoms with Gasteiger partial charge in [-0.05, 0) is 56.1 Å². The fourth-order valence-corrected chi connectivity index (χ4v) is 4.44. The molecule has 1 aliphatic heterocycles. The SMILES string of the molecule is N#C[C@H](C[C@@H]1CCNC1=O)NC(=O)[C@H](CC1CC1)NC(=O)c1nc2c(OCC3CC3)cccc2[nH]1. The number of carbonyl (C=O) groups is 3. The number of hydrogen-bond acceptors (Lipinski definition) is 6. The molecular formula is C25H30N6O4. The standard InChI is InChI=1S/C25H30N6O4/c26-12-17(11-16-8-9-27-23(16)32)28-24(33)19(10-14-4-5-14)30-25(34)22-29-18-2-1-3-20(21(18)31-22)35-13-15-6-7-15/h1-3,14-17,19H,4-11,13H2,(H,27,32)(H,28,33)(H,29,31)(H,30,34)/t16-,17-,19-/m0/s1. The number of ether oxygens (including phenoxy) is 1. The Balaban J connectivity index is 1.25. The molecule has 0 radical (unpaired) electrons. The lowest BCUT2D eigenvalue weighted by Crippen LogP contribution is -2.50. The average Bonchev–Trinajstić information content (AvgIpc) is 3.77. The third-order valence-corrected chi connectivity index (χ3v) is 6.91. The summed E-state index contributed by atoms with van der Waals surface area (Å²) in [5, 5.41) is 17.8. The zero-order valence-electron chi connectivity index (χ0n) is 19.5. The Bertz CT molecular complexity index is 1160. The van der Waals surface area contributed by atoms with Crippen LogP contribution in [-0.2, 0) is 9.59 Å². The van der Waals surface area contributed by atoms with Crippen LogP contribution in [0, 0.1) is 29.1 Å². The van der Waals surface area contributed by atoms with Gasteiger partial charge >= 0.3 is 0 Å². The van der Waals surface area contributed by atoms with Gasteiger partial charge < -0.3 is 25.7 Å². The Hall–Kier alpha value is -3.61. The van der Waals surface area contributed by atoms with E-state index in [1.165, 1.54) is 12.8 Å². The van der Waals surface area contributed by atoms with Gasteiger partial charge in [0.15, 0.2) is 5.82 Å². The largest absolute Gasteiger partial charge is 0.491 e. The first-order chi connectivity index (χ1) is 17.0. The van der Waals surface area contributed by atoms with Crippen LogP contribution < -0.4 is 20.7 Å². The minimum absolute atomic E-state index is 0.0901. The number of amides is 3. The number of para-hydroxylation sites is 1. The number of nitrogens with one attached hydrogen (secondary N) is 4. The molecule has 5 rings (SSSR count). The van der Waals surface area contributed by atoms with Crippen LogP contribution in [0.3, 0.4) is 0 Å². The minimum Gasteiger partial charge on any atom is -0.491 e. The zero-order valence-corrected chi connectivity index (χ0v) is 19.5. The van der Waals surface area contributed by atoms with E-state index >= 15 is 0 Å². The van der Waals surface area contributed by atoms with Gasteiger partial charge in [0, 0.05) is 12.5 Å².